The molecule has 16 heavy (non-hydrogen) atoms. The topological polar surface area (TPSA) is 25.8 Å². The summed E-state index contributed by atoms with van der Waals surface area (Å²) >= 11 is 3.41. The van der Waals surface area contributed by atoms with Gasteiger partial charge in [0.05, 0.1) is 0 Å². The van der Waals surface area contributed by atoms with Crippen LogP contribution in [-0.2, 0) is 6.42 Å². The Hall–Kier alpha value is -0.960. The minimum absolute atomic E-state index is 0.623. The fourth-order valence-electron chi connectivity index (χ4n) is 1.80. The van der Waals surface area contributed by atoms with Crippen LogP contribution in [0.3, 0.4) is 0 Å². The number of rotatable bonds is 2. The van der Waals surface area contributed by atoms with Crippen LogP contribution < -0.4 is 0 Å². The maximum absolute atomic E-state index is 4.60. The third-order valence-corrected chi connectivity index (χ3v) is 2.93. The van der Waals surface area contributed by atoms with E-state index in [0.29, 0.717) is 5.92 Å². The second-order valence-corrected chi connectivity index (χ2v) is 5.35. The number of pyridine rings is 2. The van der Waals surface area contributed by atoms with E-state index < -0.39 is 0 Å². The summed E-state index contributed by atoms with van der Waals surface area (Å²) in [6, 6.07) is 6.24. The van der Waals surface area contributed by atoms with Gasteiger partial charge in [0.15, 0.2) is 5.65 Å². The summed E-state index contributed by atoms with van der Waals surface area (Å²) in [5.74, 6) is 0.623. The van der Waals surface area contributed by atoms with E-state index in [1.807, 2.05) is 6.07 Å². The average Bonchev–Trinajstić information content (AvgIpc) is 2.15. The van der Waals surface area contributed by atoms with Gasteiger partial charge < -0.3 is 0 Å². The monoisotopic (exact) mass is 278 g/mol. The van der Waals surface area contributed by atoms with Crippen molar-refractivity contribution in [1.29, 1.82) is 0 Å². The molecule has 2 aromatic heterocycles. The highest BCUT2D eigenvalue weighted by Crippen LogP contribution is 2.20. The van der Waals surface area contributed by atoms with Crippen molar-refractivity contribution in [2.24, 2.45) is 5.92 Å². The summed E-state index contributed by atoms with van der Waals surface area (Å²) in [5.41, 5.74) is 3.16. The molecular weight excluding hydrogens is 264 g/mol. The van der Waals surface area contributed by atoms with Gasteiger partial charge in [-0.15, -0.1) is 0 Å². The van der Waals surface area contributed by atoms with Gasteiger partial charge in [-0.1, -0.05) is 13.8 Å². The zero-order chi connectivity index (χ0) is 11.7. The Morgan fingerprint density at radius 3 is 2.69 bits per heavy atom. The van der Waals surface area contributed by atoms with Gasteiger partial charge in [0, 0.05) is 11.1 Å². The second kappa shape index (κ2) is 4.50. The van der Waals surface area contributed by atoms with E-state index in [9.17, 15) is 0 Å². The van der Waals surface area contributed by atoms with Crippen molar-refractivity contribution in [2.75, 3.05) is 0 Å². The fourth-order valence-corrected chi connectivity index (χ4v) is 2.31. The molecule has 2 heterocycles. The van der Waals surface area contributed by atoms with Gasteiger partial charge in [-0.05, 0) is 59.0 Å². The highest BCUT2D eigenvalue weighted by Gasteiger charge is 2.05. The van der Waals surface area contributed by atoms with E-state index in [-0.39, 0.29) is 0 Å². The molecule has 0 aliphatic carbocycles. The Kier molecular flexibility index (Phi) is 3.24. The lowest BCUT2D eigenvalue weighted by molar-refractivity contribution is 0.636. The SMILES string of the molecule is Cc1cc(Br)nc2nc(CC(C)C)ccc12. The zero-order valence-corrected chi connectivity index (χ0v) is 11.4. The predicted molar refractivity (Wildman–Crippen MR) is 70.5 cm³/mol. The first-order valence-electron chi connectivity index (χ1n) is 5.49. The maximum atomic E-state index is 4.60. The number of fused-ring (bicyclic) bond motifs is 1. The first-order valence-corrected chi connectivity index (χ1v) is 6.28. The van der Waals surface area contributed by atoms with Crippen LogP contribution in [0.4, 0.5) is 0 Å². The van der Waals surface area contributed by atoms with Crippen LogP contribution in [0, 0.1) is 12.8 Å². The molecule has 0 aliphatic heterocycles. The molecule has 0 bridgehead atoms. The largest absolute Gasteiger partial charge is 0.233 e. The average molecular weight is 279 g/mol. The number of nitrogens with zero attached hydrogens (tertiary/aromatic N) is 2. The Bertz CT molecular complexity index is 521. The number of hydrogen-bond donors (Lipinski definition) is 0. The smallest absolute Gasteiger partial charge is 0.160 e. The van der Waals surface area contributed by atoms with Crippen LogP contribution in [0.25, 0.3) is 11.0 Å². The molecule has 0 saturated carbocycles. The lowest BCUT2D eigenvalue weighted by Crippen LogP contribution is -1.98. The fraction of sp³-hybridized carbons (Fsp3) is 0.385. The van der Waals surface area contributed by atoms with Crippen molar-refractivity contribution >= 4 is 27.0 Å². The quantitative estimate of drug-likeness (QED) is 0.779. The minimum atomic E-state index is 0.623. The van der Waals surface area contributed by atoms with Crippen LogP contribution >= 0.6 is 15.9 Å². The van der Waals surface area contributed by atoms with Crippen LogP contribution in [-0.4, -0.2) is 9.97 Å². The van der Waals surface area contributed by atoms with E-state index in [2.05, 4.69) is 58.8 Å². The Morgan fingerprint density at radius 1 is 1.25 bits per heavy atom. The third-order valence-electron chi connectivity index (χ3n) is 2.52. The predicted octanol–water partition coefficient (Wildman–Crippen LogP) is 3.90. The lowest BCUT2D eigenvalue weighted by atomic mass is 10.1. The molecular formula is C13H15BrN2. The van der Waals surface area contributed by atoms with Crippen molar-refractivity contribution < 1.29 is 0 Å². The van der Waals surface area contributed by atoms with Crippen LogP contribution in [0.2, 0.25) is 0 Å². The molecule has 3 heteroatoms. The van der Waals surface area contributed by atoms with Gasteiger partial charge in [0.1, 0.15) is 4.60 Å². The number of hydrogen-bond acceptors (Lipinski definition) is 2. The number of aryl methyl sites for hydroxylation is 1. The molecule has 0 amide bonds. The molecule has 0 fully saturated rings. The van der Waals surface area contributed by atoms with E-state index in [0.717, 1.165) is 27.8 Å². The molecule has 0 atom stereocenters. The maximum Gasteiger partial charge on any atom is 0.160 e. The molecule has 0 aromatic carbocycles. The van der Waals surface area contributed by atoms with Gasteiger partial charge in [-0.3, -0.25) is 0 Å². The Morgan fingerprint density at radius 2 is 2.00 bits per heavy atom. The molecule has 2 nitrogen and oxygen atoms in total. The van der Waals surface area contributed by atoms with E-state index >= 15 is 0 Å². The zero-order valence-electron chi connectivity index (χ0n) is 9.79. The van der Waals surface area contributed by atoms with Gasteiger partial charge in [-0.25, -0.2) is 9.97 Å². The van der Waals surface area contributed by atoms with Crippen molar-refractivity contribution in [3.05, 3.63) is 34.1 Å². The molecule has 0 radical (unpaired) electrons. The van der Waals surface area contributed by atoms with Gasteiger partial charge in [0.2, 0.25) is 0 Å². The Labute approximate surface area is 104 Å². The summed E-state index contributed by atoms with van der Waals surface area (Å²) in [5, 5.41) is 1.13. The highest BCUT2D eigenvalue weighted by atomic mass is 79.9. The summed E-state index contributed by atoms with van der Waals surface area (Å²) in [6.45, 7) is 6.48. The van der Waals surface area contributed by atoms with Gasteiger partial charge in [-0.2, -0.15) is 0 Å². The normalized spacial score (nSPS) is 11.3. The summed E-state index contributed by atoms with van der Waals surface area (Å²) in [7, 11) is 0. The van der Waals surface area contributed by atoms with Crippen molar-refractivity contribution in [3.8, 4) is 0 Å². The van der Waals surface area contributed by atoms with Gasteiger partial charge in [0.25, 0.3) is 0 Å². The van der Waals surface area contributed by atoms with Crippen molar-refractivity contribution in [3.63, 3.8) is 0 Å². The van der Waals surface area contributed by atoms with Gasteiger partial charge >= 0.3 is 0 Å². The minimum Gasteiger partial charge on any atom is -0.233 e. The number of aromatic nitrogens is 2. The standard InChI is InChI=1S/C13H15BrN2/c1-8(2)6-10-4-5-11-9(3)7-12(14)16-13(11)15-10/h4-5,7-8H,6H2,1-3H3. The van der Waals surface area contributed by atoms with Crippen LogP contribution in [0.1, 0.15) is 25.1 Å². The summed E-state index contributed by atoms with van der Waals surface area (Å²) in [6.07, 6.45) is 1.00. The van der Waals surface area contributed by atoms with E-state index in [1.165, 1.54) is 5.56 Å². The molecule has 84 valence electrons. The third kappa shape index (κ3) is 2.40. The summed E-state index contributed by atoms with van der Waals surface area (Å²) < 4.78 is 0.853. The molecule has 2 rings (SSSR count). The first-order chi connectivity index (χ1) is 7.56. The Balaban J connectivity index is 2.53. The number of halogens is 1. The van der Waals surface area contributed by atoms with E-state index in [1.54, 1.807) is 0 Å². The summed E-state index contributed by atoms with van der Waals surface area (Å²) in [4.78, 5) is 9.01. The van der Waals surface area contributed by atoms with Crippen LogP contribution in [0.5, 0.6) is 0 Å². The molecule has 2 aromatic rings. The van der Waals surface area contributed by atoms with Crippen LogP contribution in [0.15, 0.2) is 22.8 Å². The molecule has 0 aliphatic rings. The lowest BCUT2D eigenvalue weighted by Gasteiger charge is -2.06. The molecule has 0 unspecified atom stereocenters. The molecule has 0 spiro atoms. The first kappa shape index (κ1) is 11.5. The molecule has 0 saturated heterocycles. The van der Waals surface area contributed by atoms with E-state index in [4.69, 9.17) is 0 Å². The highest BCUT2D eigenvalue weighted by molar-refractivity contribution is 9.10. The molecule has 0 N–H and O–H groups in total. The van der Waals surface area contributed by atoms with Crippen molar-refractivity contribution in [2.45, 2.75) is 27.2 Å². The second-order valence-electron chi connectivity index (χ2n) is 4.53. The van der Waals surface area contributed by atoms with Crippen molar-refractivity contribution in [1.82, 2.24) is 9.97 Å².